The van der Waals surface area contributed by atoms with Crippen molar-refractivity contribution in [2.24, 2.45) is 0 Å². The van der Waals surface area contributed by atoms with Crippen molar-refractivity contribution in [2.75, 3.05) is 11.9 Å². The fourth-order valence-corrected chi connectivity index (χ4v) is 2.66. The van der Waals surface area contributed by atoms with Gasteiger partial charge in [-0.15, -0.1) is 0 Å². The molecule has 0 fully saturated rings. The third-order valence-corrected chi connectivity index (χ3v) is 4.27. The van der Waals surface area contributed by atoms with Crippen LogP contribution in [0.1, 0.15) is 0 Å². The molecule has 25 heavy (non-hydrogen) atoms. The molecule has 0 saturated carbocycles. The minimum atomic E-state index is -0.277. The van der Waals surface area contributed by atoms with Crippen LogP contribution in [-0.4, -0.2) is 12.5 Å². The number of amides is 1. The number of rotatable bonds is 5. The zero-order chi connectivity index (χ0) is 17.6. The van der Waals surface area contributed by atoms with Gasteiger partial charge in [-0.2, -0.15) is 0 Å². The largest absolute Gasteiger partial charge is 0.483 e. The SMILES string of the molecule is O=C(COc1ccccc1-c1ccccc1)Nc1ccc(Cl)c(Cl)c1. The van der Waals surface area contributed by atoms with Gasteiger partial charge in [0.05, 0.1) is 10.0 Å². The van der Waals surface area contributed by atoms with Crippen LogP contribution in [0.15, 0.2) is 72.8 Å². The summed E-state index contributed by atoms with van der Waals surface area (Å²) in [7, 11) is 0. The van der Waals surface area contributed by atoms with Crippen LogP contribution >= 0.6 is 23.2 Å². The van der Waals surface area contributed by atoms with E-state index >= 15 is 0 Å². The Morgan fingerprint density at radius 3 is 2.36 bits per heavy atom. The van der Waals surface area contributed by atoms with Gasteiger partial charge in [0.2, 0.25) is 0 Å². The van der Waals surface area contributed by atoms with Crippen LogP contribution in [0.25, 0.3) is 11.1 Å². The molecule has 0 radical (unpaired) electrons. The second-order valence-electron chi connectivity index (χ2n) is 5.33. The summed E-state index contributed by atoms with van der Waals surface area (Å²) in [4.78, 5) is 12.1. The number of carbonyl (C=O) groups is 1. The molecule has 0 aliphatic carbocycles. The van der Waals surface area contributed by atoms with Crippen molar-refractivity contribution < 1.29 is 9.53 Å². The van der Waals surface area contributed by atoms with E-state index in [0.717, 1.165) is 11.1 Å². The predicted molar refractivity (Wildman–Crippen MR) is 102 cm³/mol. The minimum absolute atomic E-state index is 0.107. The lowest BCUT2D eigenvalue weighted by molar-refractivity contribution is -0.118. The first-order valence-electron chi connectivity index (χ1n) is 7.65. The molecule has 0 saturated heterocycles. The molecular formula is C20H15Cl2NO2. The van der Waals surface area contributed by atoms with E-state index in [0.29, 0.717) is 21.5 Å². The van der Waals surface area contributed by atoms with Gasteiger partial charge < -0.3 is 10.1 Å². The number of hydrogen-bond acceptors (Lipinski definition) is 2. The van der Waals surface area contributed by atoms with E-state index in [1.807, 2.05) is 54.6 Å². The minimum Gasteiger partial charge on any atom is -0.483 e. The summed E-state index contributed by atoms with van der Waals surface area (Å²) in [5, 5.41) is 3.55. The van der Waals surface area contributed by atoms with Gasteiger partial charge >= 0.3 is 0 Å². The highest BCUT2D eigenvalue weighted by Crippen LogP contribution is 2.29. The molecule has 0 heterocycles. The van der Waals surface area contributed by atoms with Crippen LogP contribution in [0.4, 0.5) is 5.69 Å². The van der Waals surface area contributed by atoms with E-state index in [1.165, 1.54) is 0 Å². The quantitative estimate of drug-likeness (QED) is 0.626. The van der Waals surface area contributed by atoms with Crippen molar-refractivity contribution in [3.8, 4) is 16.9 Å². The molecule has 0 atom stereocenters. The lowest BCUT2D eigenvalue weighted by atomic mass is 10.1. The lowest BCUT2D eigenvalue weighted by Gasteiger charge is -2.12. The van der Waals surface area contributed by atoms with E-state index in [9.17, 15) is 4.79 Å². The van der Waals surface area contributed by atoms with E-state index in [2.05, 4.69) is 5.32 Å². The van der Waals surface area contributed by atoms with Gasteiger partial charge in [-0.1, -0.05) is 71.7 Å². The van der Waals surface area contributed by atoms with E-state index < -0.39 is 0 Å². The topological polar surface area (TPSA) is 38.3 Å². The van der Waals surface area contributed by atoms with Gasteiger partial charge in [-0.3, -0.25) is 4.79 Å². The Labute approximate surface area is 156 Å². The molecule has 126 valence electrons. The molecule has 3 aromatic rings. The van der Waals surface area contributed by atoms with Crippen molar-refractivity contribution in [2.45, 2.75) is 0 Å². The second-order valence-corrected chi connectivity index (χ2v) is 6.14. The fraction of sp³-hybridized carbons (Fsp3) is 0.0500. The van der Waals surface area contributed by atoms with Crippen LogP contribution in [0.3, 0.4) is 0 Å². The van der Waals surface area contributed by atoms with Crippen molar-refractivity contribution in [3.05, 3.63) is 82.8 Å². The van der Waals surface area contributed by atoms with Crippen LogP contribution < -0.4 is 10.1 Å². The van der Waals surface area contributed by atoms with Crippen LogP contribution in [0, 0.1) is 0 Å². The van der Waals surface area contributed by atoms with Crippen molar-refractivity contribution in [3.63, 3.8) is 0 Å². The third-order valence-electron chi connectivity index (χ3n) is 3.53. The summed E-state index contributed by atoms with van der Waals surface area (Å²) in [5.74, 6) is 0.374. The Morgan fingerprint density at radius 2 is 1.60 bits per heavy atom. The average Bonchev–Trinajstić information content (AvgIpc) is 2.64. The Hall–Kier alpha value is -2.49. The Kier molecular flexibility index (Phi) is 5.59. The molecule has 1 amide bonds. The molecule has 0 aromatic heterocycles. The van der Waals surface area contributed by atoms with Crippen molar-refractivity contribution in [1.82, 2.24) is 0 Å². The Morgan fingerprint density at radius 1 is 0.880 bits per heavy atom. The molecule has 3 rings (SSSR count). The van der Waals surface area contributed by atoms with Crippen LogP contribution in [-0.2, 0) is 4.79 Å². The number of anilines is 1. The normalized spacial score (nSPS) is 10.3. The zero-order valence-electron chi connectivity index (χ0n) is 13.2. The number of hydrogen-bond donors (Lipinski definition) is 1. The summed E-state index contributed by atoms with van der Waals surface area (Å²) in [6.45, 7) is -0.107. The van der Waals surface area contributed by atoms with Crippen molar-refractivity contribution >= 4 is 34.8 Å². The number of ether oxygens (including phenoxy) is 1. The molecule has 0 spiro atoms. The van der Waals surface area contributed by atoms with Gasteiger partial charge in [0.15, 0.2) is 6.61 Å². The summed E-state index contributed by atoms with van der Waals surface area (Å²) in [6.07, 6.45) is 0. The number of para-hydroxylation sites is 1. The fourth-order valence-electron chi connectivity index (χ4n) is 2.36. The van der Waals surface area contributed by atoms with Gasteiger partial charge in [-0.25, -0.2) is 0 Å². The smallest absolute Gasteiger partial charge is 0.262 e. The maximum absolute atomic E-state index is 12.1. The van der Waals surface area contributed by atoms with E-state index in [-0.39, 0.29) is 12.5 Å². The van der Waals surface area contributed by atoms with Gasteiger partial charge in [0.1, 0.15) is 5.75 Å². The van der Waals surface area contributed by atoms with Crippen LogP contribution in [0.5, 0.6) is 5.75 Å². The lowest BCUT2D eigenvalue weighted by Crippen LogP contribution is -2.20. The first kappa shape index (κ1) is 17.3. The number of nitrogens with one attached hydrogen (secondary N) is 1. The highest BCUT2D eigenvalue weighted by atomic mass is 35.5. The molecule has 0 bridgehead atoms. The van der Waals surface area contributed by atoms with Gasteiger partial charge in [0.25, 0.3) is 5.91 Å². The maximum atomic E-state index is 12.1. The second kappa shape index (κ2) is 8.06. The monoisotopic (exact) mass is 371 g/mol. The maximum Gasteiger partial charge on any atom is 0.262 e. The number of benzene rings is 3. The highest BCUT2D eigenvalue weighted by molar-refractivity contribution is 6.42. The molecule has 0 aliphatic heterocycles. The molecule has 3 nitrogen and oxygen atoms in total. The number of carbonyl (C=O) groups excluding carboxylic acids is 1. The van der Waals surface area contributed by atoms with Crippen molar-refractivity contribution in [1.29, 1.82) is 0 Å². The van der Waals surface area contributed by atoms with E-state index in [1.54, 1.807) is 18.2 Å². The first-order chi connectivity index (χ1) is 12.1. The molecule has 0 unspecified atom stereocenters. The zero-order valence-corrected chi connectivity index (χ0v) is 14.7. The molecule has 0 aliphatic rings. The third kappa shape index (κ3) is 4.53. The average molecular weight is 372 g/mol. The molecular weight excluding hydrogens is 357 g/mol. The highest BCUT2D eigenvalue weighted by Gasteiger charge is 2.09. The molecule has 3 aromatic carbocycles. The van der Waals surface area contributed by atoms with Crippen LogP contribution in [0.2, 0.25) is 10.0 Å². The predicted octanol–water partition coefficient (Wildman–Crippen LogP) is 5.68. The molecule has 5 heteroatoms. The first-order valence-corrected chi connectivity index (χ1v) is 8.41. The van der Waals surface area contributed by atoms with Gasteiger partial charge in [-0.05, 0) is 29.8 Å². The van der Waals surface area contributed by atoms with Gasteiger partial charge in [0, 0.05) is 11.3 Å². The summed E-state index contributed by atoms with van der Waals surface area (Å²) in [5.41, 5.74) is 2.53. The standard InChI is InChI=1S/C20H15Cl2NO2/c21-17-11-10-15(12-18(17)22)23-20(24)13-25-19-9-5-4-8-16(19)14-6-2-1-3-7-14/h1-12H,13H2,(H,23,24). The Balaban J connectivity index is 1.67. The number of halogens is 2. The summed E-state index contributed by atoms with van der Waals surface area (Å²) in [6, 6.07) is 22.4. The Bertz CT molecular complexity index is 882. The van der Waals surface area contributed by atoms with E-state index in [4.69, 9.17) is 27.9 Å². The molecule has 1 N–H and O–H groups in total. The summed E-state index contributed by atoms with van der Waals surface area (Å²) >= 11 is 11.8. The summed E-state index contributed by atoms with van der Waals surface area (Å²) < 4.78 is 5.71.